The molecule has 2 amide bonds. The molecular weight excluding hydrogens is 387 g/mol. The van der Waals surface area contributed by atoms with Gasteiger partial charge in [-0.15, -0.1) is 0 Å². The van der Waals surface area contributed by atoms with Gasteiger partial charge in [0.15, 0.2) is 0 Å². The average molecular weight is 411 g/mol. The van der Waals surface area contributed by atoms with E-state index >= 15 is 0 Å². The van der Waals surface area contributed by atoms with Gasteiger partial charge in [0.05, 0.1) is 40.6 Å². The molecule has 1 aliphatic carbocycles. The van der Waals surface area contributed by atoms with Gasteiger partial charge in [-0.1, -0.05) is 42.1 Å². The van der Waals surface area contributed by atoms with Crippen LogP contribution < -0.4 is 0 Å². The molecule has 0 unspecified atom stereocenters. The molecule has 7 heteroatoms. The van der Waals surface area contributed by atoms with E-state index in [0.717, 1.165) is 31.2 Å². The van der Waals surface area contributed by atoms with Gasteiger partial charge in [0.25, 0.3) is 0 Å². The normalized spacial score (nSPS) is 27.6. The third-order valence-electron chi connectivity index (χ3n) is 6.40. The summed E-state index contributed by atoms with van der Waals surface area (Å²) in [6, 6.07) is 5.47. The summed E-state index contributed by atoms with van der Waals surface area (Å²) in [6.07, 6.45) is 3.95. The monoisotopic (exact) mass is 410 g/mol. The summed E-state index contributed by atoms with van der Waals surface area (Å²) in [4.78, 5) is 29.5. The topological polar surface area (TPSA) is 49.9 Å². The van der Waals surface area contributed by atoms with Gasteiger partial charge in [0.1, 0.15) is 0 Å². The van der Waals surface area contributed by atoms with E-state index in [1.54, 1.807) is 11.0 Å². The Kier molecular flexibility index (Phi) is 5.12. The van der Waals surface area contributed by atoms with Crippen molar-refractivity contribution in [2.75, 3.05) is 26.7 Å². The van der Waals surface area contributed by atoms with Crippen molar-refractivity contribution < 1.29 is 14.3 Å². The number of likely N-dealkylation sites (tertiary alicyclic amines) is 1. The summed E-state index contributed by atoms with van der Waals surface area (Å²) in [6.45, 7) is 1.48. The van der Waals surface area contributed by atoms with Gasteiger partial charge in [0, 0.05) is 20.1 Å². The van der Waals surface area contributed by atoms with Gasteiger partial charge in [-0.2, -0.15) is 0 Å². The van der Waals surface area contributed by atoms with Crippen molar-refractivity contribution in [2.24, 2.45) is 0 Å². The number of benzene rings is 1. The van der Waals surface area contributed by atoms with Crippen molar-refractivity contribution in [3.8, 4) is 0 Å². The molecule has 1 aromatic rings. The third-order valence-corrected chi connectivity index (χ3v) is 7.14. The van der Waals surface area contributed by atoms with E-state index in [1.807, 2.05) is 24.1 Å². The Balaban J connectivity index is 1.62. The van der Waals surface area contributed by atoms with Crippen molar-refractivity contribution in [3.63, 3.8) is 0 Å². The first-order valence-electron chi connectivity index (χ1n) is 9.54. The summed E-state index contributed by atoms with van der Waals surface area (Å²) in [5, 5.41) is 0.978. The fourth-order valence-electron chi connectivity index (χ4n) is 4.82. The number of carbonyl (C=O) groups excluding carboxylic acids is 2. The molecule has 146 valence electrons. The summed E-state index contributed by atoms with van der Waals surface area (Å²) in [5.41, 5.74) is 0.386. The minimum atomic E-state index is -0.555. The zero-order valence-electron chi connectivity index (χ0n) is 15.4. The molecule has 0 N–H and O–H groups in total. The molecule has 0 aromatic heterocycles. The average Bonchev–Trinajstić information content (AvgIpc) is 3.28. The van der Waals surface area contributed by atoms with Gasteiger partial charge in [0.2, 0.25) is 11.8 Å². The van der Waals surface area contributed by atoms with Gasteiger partial charge in [-0.05, 0) is 30.5 Å². The zero-order chi connectivity index (χ0) is 19.2. The Labute approximate surface area is 169 Å². The second-order valence-corrected chi connectivity index (χ2v) is 8.67. The van der Waals surface area contributed by atoms with Gasteiger partial charge in [-0.25, -0.2) is 0 Å². The Morgan fingerprint density at radius 2 is 1.93 bits per heavy atom. The number of hydrogen-bond donors (Lipinski definition) is 0. The number of rotatable bonds is 2. The number of likely N-dealkylation sites (N-methyl/N-ethyl adjacent to an activating group) is 1. The molecule has 5 nitrogen and oxygen atoms in total. The SMILES string of the molecule is CN1C(=O)CCO[C@H]2CN(C(=O)C3(c4ccc(Cl)c(Cl)c4)CCCC3)C[C@@H]21. The molecule has 2 saturated heterocycles. The lowest BCUT2D eigenvalue weighted by molar-refractivity contribution is -0.138. The van der Waals surface area contributed by atoms with Crippen molar-refractivity contribution in [1.29, 1.82) is 0 Å². The Bertz CT molecular complexity index is 764. The van der Waals surface area contributed by atoms with Crippen molar-refractivity contribution >= 4 is 35.0 Å². The van der Waals surface area contributed by atoms with Crippen LogP contribution in [0.2, 0.25) is 10.0 Å². The Morgan fingerprint density at radius 1 is 1.19 bits per heavy atom. The first kappa shape index (κ1) is 19.0. The van der Waals surface area contributed by atoms with E-state index in [9.17, 15) is 9.59 Å². The lowest BCUT2D eigenvalue weighted by atomic mass is 9.77. The Hall–Kier alpha value is -1.30. The van der Waals surface area contributed by atoms with Gasteiger partial charge in [-0.3, -0.25) is 9.59 Å². The lowest BCUT2D eigenvalue weighted by Gasteiger charge is -2.33. The molecule has 27 heavy (non-hydrogen) atoms. The third kappa shape index (κ3) is 3.24. The van der Waals surface area contributed by atoms with Crippen LogP contribution in [0.3, 0.4) is 0 Å². The highest BCUT2D eigenvalue weighted by atomic mass is 35.5. The zero-order valence-corrected chi connectivity index (χ0v) is 16.9. The molecule has 2 aliphatic heterocycles. The number of amides is 2. The highest BCUT2D eigenvalue weighted by Gasteiger charge is 2.49. The lowest BCUT2D eigenvalue weighted by Crippen LogP contribution is -2.46. The number of fused-ring (bicyclic) bond motifs is 1. The first-order chi connectivity index (χ1) is 12.9. The minimum Gasteiger partial charge on any atom is -0.374 e. The van der Waals surface area contributed by atoms with E-state index < -0.39 is 5.41 Å². The number of halogens is 2. The van der Waals surface area contributed by atoms with E-state index in [4.69, 9.17) is 27.9 Å². The van der Waals surface area contributed by atoms with Crippen LogP contribution in [0.25, 0.3) is 0 Å². The molecular formula is C20H24Cl2N2O3. The van der Waals surface area contributed by atoms with Crippen LogP contribution in [0.1, 0.15) is 37.7 Å². The van der Waals surface area contributed by atoms with E-state index in [2.05, 4.69) is 0 Å². The molecule has 1 saturated carbocycles. The van der Waals surface area contributed by atoms with Crippen LogP contribution in [0, 0.1) is 0 Å². The predicted octanol–water partition coefficient (Wildman–Crippen LogP) is 3.26. The first-order valence-corrected chi connectivity index (χ1v) is 10.3. The maximum absolute atomic E-state index is 13.7. The predicted molar refractivity (Wildman–Crippen MR) is 104 cm³/mol. The summed E-state index contributed by atoms with van der Waals surface area (Å²) < 4.78 is 5.89. The van der Waals surface area contributed by atoms with E-state index in [0.29, 0.717) is 36.2 Å². The maximum atomic E-state index is 13.7. The standard InChI is InChI=1S/C20H24Cl2N2O3/c1-23-16-11-24(12-17(16)27-9-6-18(23)25)19(26)20(7-2-3-8-20)13-4-5-14(21)15(22)10-13/h4-5,10,16-17H,2-3,6-9,11-12H2,1H3/t16-,17-/m0/s1. The smallest absolute Gasteiger partial charge is 0.233 e. The van der Waals surface area contributed by atoms with Crippen molar-refractivity contribution in [2.45, 2.75) is 49.7 Å². The highest BCUT2D eigenvalue weighted by Crippen LogP contribution is 2.44. The molecule has 0 bridgehead atoms. The van der Waals surface area contributed by atoms with E-state index in [1.165, 1.54) is 0 Å². The van der Waals surface area contributed by atoms with Crippen molar-refractivity contribution in [1.82, 2.24) is 9.80 Å². The molecule has 0 radical (unpaired) electrons. The fraction of sp³-hybridized carbons (Fsp3) is 0.600. The quantitative estimate of drug-likeness (QED) is 0.751. The summed E-state index contributed by atoms with van der Waals surface area (Å²) in [7, 11) is 1.81. The maximum Gasteiger partial charge on any atom is 0.233 e. The van der Waals surface area contributed by atoms with E-state index in [-0.39, 0.29) is 24.0 Å². The molecule has 2 heterocycles. The molecule has 1 aromatic carbocycles. The van der Waals surface area contributed by atoms with Crippen molar-refractivity contribution in [3.05, 3.63) is 33.8 Å². The highest BCUT2D eigenvalue weighted by molar-refractivity contribution is 6.42. The molecule has 3 fully saturated rings. The number of nitrogens with zero attached hydrogens (tertiary/aromatic N) is 2. The largest absolute Gasteiger partial charge is 0.374 e. The fourth-order valence-corrected chi connectivity index (χ4v) is 5.12. The molecule has 0 spiro atoms. The van der Waals surface area contributed by atoms with Crippen LogP contribution in [-0.2, 0) is 19.7 Å². The summed E-state index contributed by atoms with van der Waals surface area (Å²) in [5.74, 6) is 0.202. The second-order valence-electron chi connectivity index (χ2n) is 7.86. The molecule has 2 atom stereocenters. The van der Waals surface area contributed by atoms with Crippen LogP contribution in [0.15, 0.2) is 18.2 Å². The number of carbonyl (C=O) groups is 2. The summed E-state index contributed by atoms with van der Waals surface area (Å²) >= 11 is 12.3. The van der Waals surface area contributed by atoms with Crippen LogP contribution in [0.5, 0.6) is 0 Å². The second kappa shape index (κ2) is 7.26. The van der Waals surface area contributed by atoms with Gasteiger partial charge < -0.3 is 14.5 Å². The number of hydrogen-bond acceptors (Lipinski definition) is 3. The molecule has 4 rings (SSSR count). The van der Waals surface area contributed by atoms with Crippen LogP contribution >= 0.6 is 23.2 Å². The Morgan fingerprint density at radius 3 is 2.63 bits per heavy atom. The van der Waals surface area contributed by atoms with Crippen LogP contribution in [-0.4, -0.2) is 60.5 Å². The number of ether oxygens (including phenoxy) is 1. The minimum absolute atomic E-state index is 0.0730. The van der Waals surface area contributed by atoms with Gasteiger partial charge >= 0.3 is 0 Å². The molecule has 3 aliphatic rings. The van der Waals surface area contributed by atoms with Crippen LogP contribution in [0.4, 0.5) is 0 Å².